The summed E-state index contributed by atoms with van der Waals surface area (Å²) in [7, 11) is 1.27. The van der Waals surface area contributed by atoms with Gasteiger partial charge in [0.1, 0.15) is 11.4 Å². The van der Waals surface area contributed by atoms with Crippen molar-refractivity contribution >= 4 is 23.5 Å². The minimum atomic E-state index is -1.31. The Labute approximate surface area is 161 Å². The first-order valence-electron chi connectivity index (χ1n) is 8.65. The molecule has 3 N–H and O–H groups in total. The number of para-hydroxylation sites is 1. The number of anilines is 1. The summed E-state index contributed by atoms with van der Waals surface area (Å²) >= 11 is 0. The zero-order valence-electron chi connectivity index (χ0n) is 15.2. The third kappa shape index (κ3) is 4.12. The van der Waals surface area contributed by atoms with Crippen molar-refractivity contribution in [2.75, 3.05) is 25.6 Å². The first kappa shape index (κ1) is 19.4. The quantitative estimate of drug-likeness (QED) is 0.539. The van der Waals surface area contributed by atoms with Crippen LogP contribution in [0.4, 0.5) is 5.69 Å². The Morgan fingerprint density at radius 1 is 1.11 bits per heavy atom. The van der Waals surface area contributed by atoms with Crippen LogP contribution in [0.2, 0.25) is 0 Å². The molecule has 2 aromatic carbocycles. The maximum absolute atomic E-state index is 12.1. The number of rotatable bonds is 4. The number of carbonyl (C=O) groups excluding carboxylic acids is 3. The van der Waals surface area contributed by atoms with Crippen LogP contribution >= 0.6 is 0 Å². The lowest BCUT2D eigenvalue weighted by Crippen LogP contribution is -2.46. The van der Waals surface area contributed by atoms with E-state index in [0.29, 0.717) is 35.6 Å². The monoisotopic (exact) mass is 384 g/mol. The van der Waals surface area contributed by atoms with E-state index in [1.54, 1.807) is 24.3 Å². The van der Waals surface area contributed by atoms with Crippen LogP contribution in [-0.2, 0) is 19.9 Å². The molecule has 8 nitrogen and oxygen atoms in total. The Bertz CT molecular complexity index is 896. The van der Waals surface area contributed by atoms with Crippen molar-refractivity contribution in [3.8, 4) is 5.75 Å². The molecule has 1 aliphatic rings. The number of carbonyl (C=O) groups is 3. The van der Waals surface area contributed by atoms with Crippen LogP contribution in [0.15, 0.2) is 48.5 Å². The van der Waals surface area contributed by atoms with E-state index in [1.807, 2.05) is 0 Å². The molecule has 0 fully saturated rings. The van der Waals surface area contributed by atoms with Gasteiger partial charge < -0.3 is 25.2 Å². The molecule has 0 aliphatic carbocycles. The summed E-state index contributed by atoms with van der Waals surface area (Å²) in [6.45, 7) is 0.184. The van der Waals surface area contributed by atoms with Crippen molar-refractivity contribution in [2.24, 2.45) is 0 Å². The van der Waals surface area contributed by atoms with Crippen molar-refractivity contribution in [3.63, 3.8) is 0 Å². The number of ether oxygens (including phenoxy) is 2. The van der Waals surface area contributed by atoms with Gasteiger partial charge in [-0.3, -0.25) is 9.59 Å². The van der Waals surface area contributed by atoms with Crippen molar-refractivity contribution in [1.82, 2.24) is 5.32 Å². The van der Waals surface area contributed by atoms with Gasteiger partial charge in [0.25, 0.3) is 0 Å². The maximum atomic E-state index is 12.1. The normalized spacial score (nSPS) is 17.6. The van der Waals surface area contributed by atoms with Crippen LogP contribution in [0.3, 0.4) is 0 Å². The molecule has 2 amide bonds. The van der Waals surface area contributed by atoms with Crippen molar-refractivity contribution in [1.29, 1.82) is 0 Å². The first-order chi connectivity index (χ1) is 13.4. The lowest BCUT2D eigenvalue weighted by Gasteiger charge is -2.34. The number of benzene rings is 2. The van der Waals surface area contributed by atoms with Crippen LogP contribution < -0.4 is 15.4 Å². The van der Waals surface area contributed by atoms with E-state index in [1.165, 1.54) is 31.4 Å². The molecule has 2 aromatic rings. The first-order valence-corrected chi connectivity index (χ1v) is 8.65. The molecule has 8 heteroatoms. The van der Waals surface area contributed by atoms with E-state index >= 15 is 0 Å². The number of nitrogens with one attached hydrogen (secondary N) is 2. The van der Waals surface area contributed by atoms with E-state index in [-0.39, 0.29) is 6.54 Å². The molecule has 0 aromatic heterocycles. The Hall–Kier alpha value is -3.39. The van der Waals surface area contributed by atoms with Crippen molar-refractivity contribution < 1.29 is 29.0 Å². The standard InChI is InChI=1S/C20H20N2O6/c1-27-19(25)13-6-8-14(9-7-13)22-18(24)17(23)21-12-20(26)10-11-28-16-5-3-2-4-15(16)20/h2-9,26H,10-12H2,1H3,(H,21,23)(H,22,24). The van der Waals surface area contributed by atoms with Crippen LogP contribution in [0, 0.1) is 0 Å². The molecule has 0 radical (unpaired) electrons. The van der Waals surface area contributed by atoms with Crippen LogP contribution in [0.25, 0.3) is 0 Å². The highest BCUT2D eigenvalue weighted by Gasteiger charge is 2.36. The van der Waals surface area contributed by atoms with E-state index < -0.39 is 23.4 Å². The highest BCUT2D eigenvalue weighted by atomic mass is 16.5. The topological polar surface area (TPSA) is 114 Å². The van der Waals surface area contributed by atoms with Gasteiger partial charge >= 0.3 is 17.8 Å². The third-order valence-corrected chi connectivity index (χ3v) is 4.47. The van der Waals surface area contributed by atoms with Gasteiger partial charge in [0.15, 0.2) is 0 Å². The number of esters is 1. The number of fused-ring (bicyclic) bond motifs is 1. The van der Waals surface area contributed by atoms with Gasteiger partial charge in [0.2, 0.25) is 0 Å². The Balaban J connectivity index is 1.59. The third-order valence-electron chi connectivity index (χ3n) is 4.47. The fourth-order valence-corrected chi connectivity index (χ4v) is 2.93. The van der Waals surface area contributed by atoms with Crippen molar-refractivity contribution in [2.45, 2.75) is 12.0 Å². The maximum Gasteiger partial charge on any atom is 0.337 e. The lowest BCUT2D eigenvalue weighted by molar-refractivity contribution is -0.137. The van der Waals surface area contributed by atoms with Gasteiger partial charge in [-0.2, -0.15) is 0 Å². The molecule has 1 aliphatic heterocycles. The highest BCUT2D eigenvalue weighted by Crippen LogP contribution is 2.36. The minimum absolute atomic E-state index is 0.124. The van der Waals surface area contributed by atoms with E-state index in [0.717, 1.165) is 0 Å². The molecule has 1 atom stereocenters. The largest absolute Gasteiger partial charge is 0.493 e. The summed E-state index contributed by atoms with van der Waals surface area (Å²) in [4.78, 5) is 35.6. The second-order valence-electron chi connectivity index (χ2n) is 6.33. The minimum Gasteiger partial charge on any atom is -0.493 e. The van der Waals surface area contributed by atoms with E-state index in [2.05, 4.69) is 15.4 Å². The molecule has 0 bridgehead atoms. The summed E-state index contributed by atoms with van der Waals surface area (Å²) in [6, 6.07) is 12.9. The molecule has 1 heterocycles. The van der Waals surface area contributed by atoms with Crippen molar-refractivity contribution in [3.05, 3.63) is 59.7 Å². The fraction of sp³-hybridized carbons (Fsp3) is 0.250. The van der Waals surface area contributed by atoms with E-state index in [9.17, 15) is 19.5 Å². The molecule has 0 spiro atoms. The molecular formula is C20H20N2O6. The summed E-state index contributed by atoms with van der Waals surface area (Å²) < 4.78 is 10.1. The van der Waals surface area contributed by atoms with Gasteiger partial charge in [-0.25, -0.2) is 4.79 Å². The number of hydrogen-bond donors (Lipinski definition) is 3. The zero-order valence-corrected chi connectivity index (χ0v) is 15.2. The van der Waals surface area contributed by atoms with Gasteiger partial charge in [0.05, 0.1) is 25.8 Å². The summed E-state index contributed by atoms with van der Waals surface area (Å²) in [5.74, 6) is -1.70. The molecule has 0 saturated heterocycles. The molecule has 3 rings (SSSR count). The fourth-order valence-electron chi connectivity index (χ4n) is 2.93. The van der Waals surface area contributed by atoms with E-state index in [4.69, 9.17) is 4.74 Å². The summed E-state index contributed by atoms with van der Waals surface area (Å²) in [5, 5.41) is 15.8. The van der Waals surface area contributed by atoms with Gasteiger partial charge in [-0.15, -0.1) is 0 Å². The Morgan fingerprint density at radius 3 is 2.54 bits per heavy atom. The summed E-state index contributed by atoms with van der Waals surface area (Å²) in [6.07, 6.45) is 0.293. The lowest BCUT2D eigenvalue weighted by atomic mass is 9.88. The second kappa shape index (κ2) is 8.10. The predicted molar refractivity (Wildman–Crippen MR) is 99.9 cm³/mol. The van der Waals surface area contributed by atoms with Gasteiger partial charge in [0, 0.05) is 17.7 Å². The number of amides is 2. The SMILES string of the molecule is COC(=O)c1ccc(NC(=O)C(=O)NCC2(O)CCOc3ccccc32)cc1. The van der Waals surface area contributed by atoms with Crippen LogP contribution in [0.5, 0.6) is 5.75 Å². The Kier molecular flexibility index (Phi) is 5.60. The number of hydrogen-bond acceptors (Lipinski definition) is 6. The average Bonchev–Trinajstić information content (AvgIpc) is 2.72. The smallest absolute Gasteiger partial charge is 0.337 e. The van der Waals surface area contributed by atoms with Gasteiger partial charge in [-0.05, 0) is 30.3 Å². The molecule has 0 saturated carbocycles. The zero-order chi connectivity index (χ0) is 20.1. The average molecular weight is 384 g/mol. The molecule has 28 heavy (non-hydrogen) atoms. The second-order valence-corrected chi connectivity index (χ2v) is 6.33. The van der Waals surface area contributed by atoms with Crippen LogP contribution in [0.1, 0.15) is 22.3 Å². The summed E-state index contributed by atoms with van der Waals surface area (Å²) in [5.41, 5.74) is -0.0684. The molecule has 1 unspecified atom stereocenters. The number of aliphatic hydroxyl groups is 1. The number of methoxy groups -OCH3 is 1. The Morgan fingerprint density at radius 2 is 1.82 bits per heavy atom. The predicted octanol–water partition coefficient (Wildman–Crippen LogP) is 1.20. The molecular weight excluding hydrogens is 364 g/mol. The highest BCUT2D eigenvalue weighted by molar-refractivity contribution is 6.39. The molecule has 146 valence electrons. The van der Waals surface area contributed by atoms with Crippen LogP contribution in [-0.4, -0.2) is 43.2 Å². The van der Waals surface area contributed by atoms with Gasteiger partial charge in [-0.1, -0.05) is 18.2 Å².